The van der Waals surface area contributed by atoms with E-state index in [1.54, 1.807) is 12.1 Å². The number of halogens is 3. The van der Waals surface area contributed by atoms with Gasteiger partial charge in [0.1, 0.15) is 0 Å². The molecule has 0 saturated heterocycles. The molecule has 5 nitrogen and oxygen atoms in total. The second-order valence-electron chi connectivity index (χ2n) is 6.16. The molecule has 0 spiro atoms. The van der Waals surface area contributed by atoms with E-state index in [9.17, 15) is 18.0 Å². The van der Waals surface area contributed by atoms with Crippen LogP contribution < -0.4 is 19.5 Å². The van der Waals surface area contributed by atoms with E-state index in [1.807, 2.05) is 20.8 Å². The lowest BCUT2D eigenvalue weighted by atomic mass is 10.1. The predicted octanol–water partition coefficient (Wildman–Crippen LogP) is 4.68. The van der Waals surface area contributed by atoms with E-state index in [0.717, 1.165) is 12.1 Å². The summed E-state index contributed by atoms with van der Waals surface area (Å²) in [5.74, 6) is 6.04. The number of rotatable bonds is 8. The van der Waals surface area contributed by atoms with Crippen LogP contribution in [0.1, 0.15) is 42.3 Å². The molecule has 2 rings (SSSR count). The summed E-state index contributed by atoms with van der Waals surface area (Å²) >= 11 is 0. The standard InChI is InChI=1S/C23H24F3NO4/c1-4-29-19-14-17(15-20(30-5-2)21(19)31-6-3)22(28)27-12-8-10-16-9-7-11-18(13-16)23(24,25)26/h7,9,11,13-15H,4-6,12H2,1-3H3,(H,27,28). The number of hydrogen-bond donors (Lipinski definition) is 1. The zero-order valence-electron chi connectivity index (χ0n) is 17.6. The second kappa shape index (κ2) is 11.2. The fourth-order valence-electron chi connectivity index (χ4n) is 2.67. The highest BCUT2D eigenvalue weighted by Gasteiger charge is 2.30. The highest BCUT2D eigenvalue weighted by atomic mass is 19.4. The largest absolute Gasteiger partial charge is 0.490 e. The molecule has 1 amide bonds. The van der Waals surface area contributed by atoms with Gasteiger partial charge >= 0.3 is 6.18 Å². The number of nitrogens with one attached hydrogen (secondary N) is 1. The number of amides is 1. The molecule has 2 aromatic carbocycles. The van der Waals surface area contributed by atoms with Crippen LogP contribution in [-0.2, 0) is 6.18 Å². The van der Waals surface area contributed by atoms with E-state index < -0.39 is 17.6 Å². The van der Waals surface area contributed by atoms with Gasteiger partial charge in [0.25, 0.3) is 5.91 Å². The minimum absolute atomic E-state index is 0.0454. The van der Waals surface area contributed by atoms with E-state index in [1.165, 1.54) is 12.1 Å². The molecular formula is C23H24F3NO4. The lowest BCUT2D eigenvalue weighted by molar-refractivity contribution is -0.137. The van der Waals surface area contributed by atoms with Crippen molar-refractivity contribution in [1.82, 2.24) is 5.32 Å². The van der Waals surface area contributed by atoms with Gasteiger partial charge in [-0.15, -0.1) is 0 Å². The Hall–Kier alpha value is -3.34. The van der Waals surface area contributed by atoms with Crippen LogP contribution in [0.4, 0.5) is 13.2 Å². The zero-order chi connectivity index (χ0) is 22.9. The monoisotopic (exact) mass is 435 g/mol. The maximum absolute atomic E-state index is 12.8. The Bertz CT molecular complexity index is 934. The molecule has 0 aliphatic carbocycles. The van der Waals surface area contributed by atoms with Gasteiger partial charge in [-0.05, 0) is 51.1 Å². The third-order valence-electron chi connectivity index (χ3n) is 3.93. The molecule has 0 unspecified atom stereocenters. The molecule has 0 aliphatic heterocycles. The zero-order valence-corrected chi connectivity index (χ0v) is 17.6. The Balaban J connectivity index is 2.15. The molecule has 0 radical (unpaired) electrons. The molecule has 1 N–H and O–H groups in total. The van der Waals surface area contributed by atoms with Crippen LogP contribution in [0.5, 0.6) is 17.2 Å². The smallest absolute Gasteiger partial charge is 0.416 e. The van der Waals surface area contributed by atoms with E-state index in [-0.39, 0.29) is 17.7 Å². The summed E-state index contributed by atoms with van der Waals surface area (Å²) in [5.41, 5.74) is -0.275. The Kier molecular flexibility index (Phi) is 8.62. The number of ether oxygens (including phenoxy) is 3. The minimum Gasteiger partial charge on any atom is -0.490 e. The molecule has 31 heavy (non-hydrogen) atoms. The summed E-state index contributed by atoms with van der Waals surface area (Å²) < 4.78 is 55.1. The number of hydrogen-bond acceptors (Lipinski definition) is 4. The van der Waals surface area contributed by atoms with Crippen molar-refractivity contribution in [1.29, 1.82) is 0 Å². The van der Waals surface area contributed by atoms with E-state index in [4.69, 9.17) is 14.2 Å². The molecule has 2 aromatic rings. The van der Waals surface area contributed by atoms with Gasteiger partial charge in [-0.1, -0.05) is 17.9 Å². The van der Waals surface area contributed by atoms with Crippen molar-refractivity contribution in [2.75, 3.05) is 26.4 Å². The van der Waals surface area contributed by atoms with Crippen molar-refractivity contribution in [2.24, 2.45) is 0 Å². The van der Waals surface area contributed by atoms with Gasteiger partial charge in [0.2, 0.25) is 5.75 Å². The molecule has 0 fully saturated rings. The van der Waals surface area contributed by atoms with Crippen molar-refractivity contribution in [3.05, 3.63) is 53.1 Å². The quantitative estimate of drug-likeness (QED) is 0.612. The summed E-state index contributed by atoms with van der Waals surface area (Å²) in [6.07, 6.45) is -4.43. The SMILES string of the molecule is CCOc1cc(C(=O)NCC#Cc2cccc(C(F)(F)F)c2)cc(OCC)c1OCC. The maximum atomic E-state index is 12.8. The van der Waals surface area contributed by atoms with Crippen LogP contribution in [0.15, 0.2) is 36.4 Å². The van der Waals surface area contributed by atoms with Gasteiger partial charge in [0, 0.05) is 11.1 Å². The molecule has 8 heteroatoms. The van der Waals surface area contributed by atoms with Crippen LogP contribution in [0.25, 0.3) is 0 Å². The number of carbonyl (C=O) groups is 1. The Morgan fingerprint density at radius 1 is 0.968 bits per heavy atom. The average Bonchev–Trinajstić information content (AvgIpc) is 2.73. The number of alkyl halides is 3. The van der Waals surface area contributed by atoms with Gasteiger partial charge in [-0.25, -0.2) is 0 Å². The van der Waals surface area contributed by atoms with Crippen LogP contribution in [-0.4, -0.2) is 32.3 Å². The first kappa shape index (κ1) is 23.9. The van der Waals surface area contributed by atoms with Crippen LogP contribution >= 0.6 is 0 Å². The second-order valence-corrected chi connectivity index (χ2v) is 6.16. The van der Waals surface area contributed by atoms with Gasteiger partial charge in [-0.2, -0.15) is 13.2 Å². The maximum Gasteiger partial charge on any atom is 0.416 e. The van der Waals surface area contributed by atoms with Gasteiger partial charge < -0.3 is 19.5 Å². The molecule has 0 heterocycles. The Morgan fingerprint density at radius 3 is 2.13 bits per heavy atom. The first-order valence-electron chi connectivity index (χ1n) is 9.80. The van der Waals surface area contributed by atoms with Gasteiger partial charge in [-0.3, -0.25) is 4.79 Å². The van der Waals surface area contributed by atoms with Gasteiger partial charge in [0.15, 0.2) is 11.5 Å². The summed E-state index contributed by atoms with van der Waals surface area (Å²) in [6, 6.07) is 7.79. The topological polar surface area (TPSA) is 56.8 Å². The van der Waals surface area contributed by atoms with Crippen molar-refractivity contribution < 1.29 is 32.2 Å². The van der Waals surface area contributed by atoms with Crippen molar-refractivity contribution in [3.8, 4) is 29.1 Å². The summed E-state index contributed by atoms with van der Waals surface area (Å²) in [6.45, 7) is 6.55. The molecule has 0 aliphatic rings. The lowest BCUT2D eigenvalue weighted by Gasteiger charge is -2.16. The van der Waals surface area contributed by atoms with E-state index in [2.05, 4.69) is 17.2 Å². The fraction of sp³-hybridized carbons (Fsp3) is 0.348. The van der Waals surface area contributed by atoms with Crippen LogP contribution in [0.2, 0.25) is 0 Å². The van der Waals surface area contributed by atoms with Crippen LogP contribution in [0, 0.1) is 11.8 Å². The highest BCUT2D eigenvalue weighted by Crippen LogP contribution is 2.39. The molecule has 0 atom stereocenters. The summed E-state index contributed by atoms with van der Waals surface area (Å²) in [4.78, 5) is 12.5. The lowest BCUT2D eigenvalue weighted by Crippen LogP contribution is -2.23. The molecule has 0 saturated carbocycles. The molecular weight excluding hydrogens is 411 g/mol. The highest BCUT2D eigenvalue weighted by molar-refractivity contribution is 5.95. The van der Waals surface area contributed by atoms with E-state index in [0.29, 0.717) is 37.1 Å². The first-order chi connectivity index (χ1) is 14.8. The Morgan fingerprint density at radius 2 is 1.58 bits per heavy atom. The van der Waals surface area contributed by atoms with Crippen molar-refractivity contribution in [2.45, 2.75) is 26.9 Å². The first-order valence-corrected chi connectivity index (χ1v) is 9.80. The van der Waals surface area contributed by atoms with Gasteiger partial charge in [0.05, 0.1) is 31.9 Å². The summed E-state index contributed by atoms with van der Waals surface area (Å²) in [7, 11) is 0. The van der Waals surface area contributed by atoms with Crippen molar-refractivity contribution >= 4 is 5.91 Å². The Labute approximate surface area is 179 Å². The molecule has 0 bridgehead atoms. The minimum atomic E-state index is -4.43. The normalized spacial score (nSPS) is 10.6. The third kappa shape index (κ3) is 6.85. The van der Waals surface area contributed by atoms with E-state index >= 15 is 0 Å². The predicted molar refractivity (Wildman–Crippen MR) is 111 cm³/mol. The van der Waals surface area contributed by atoms with Crippen LogP contribution in [0.3, 0.4) is 0 Å². The van der Waals surface area contributed by atoms with Crippen molar-refractivity contribution in [3.63, 3.8) is 0 Å². The third-order valence-corrected chi connectivity index (χ3v) is 3.93. The number of carbonyl (C=O) groups excluding carboxylic acids is 1. The molecule has 166 valence electrons. The number of benzene rings is 2. The average molecular weight is 435 g/mol. The summed E-state index contributed by atoms with van der Waals surface area (Å²) in [5, 5.41) is 2.62. The molecule has 0 aromatic heterocycles. The fourth-order valence-corrected chi connectivity index (χ4v) is 2.67.